The Morgan fingerprint density at radius 3 is 2.59 bits per heavy atom. The van der Waals surface area contributed by atoms with Crippen molar-refractivity contribution in [3.05, 3.63) is 41.5 Å². The molecule has 17 heavy (non-hydrogen) atoms. The van der Waals surface area contributed by atoms with Gasteiger partial charge in [0.05, 0.1) is 0 Å². The van der Waals surface area contributed by atoms with Crippen LogP contribution in [0.4, 0.5) is 0 Å². The first-order chi connectivity index (χ1) is 8.15. The van der Waals surface area contributed by atoms with Gasteiger partial charge in [0, 0.05) is 0 Å². The highest BCUT2D eigenvalue weighted by atomic mass is 16.3. The minimum Gasteiger partial charge on any atom is -0.508 e. The number of benzene rings is 1. The second-order valence-corrected chi connectivity index (χ2v) is 5.43. The second-order valence-electron chi connectivity index (χ2n) is 5.43. The molecular formula is C16H22O. The van der Waals surface area contributed by atoms with Crippen molar-refractivity contribution in [1.82, 2.24) is 0 Å². The van der Waals surface area contributed by atoms with Gasteiger partial charge in [-0.3, -0.25) is 0 Å². The van der Waals surface area contributed by atoms with Gasteiger partial charge in [-0.1, -0.05) is 30.7 Å². The Morgan fingerprint density at radius 1 is 1.29 bits per heavy atom. The topological polar surface area (TPSA) is 20.2 Å². The molecule has 0 aliphatic heterocycles. The molecule has 0 spiro atoms. The summed E-state index contributed by atoms with van der Waals surface area (Å²) in [5, 5.41) is 9.26. The Bertz CT molecular complexity index is 388. The van der Waals surface area contributed by atoms with Crippen LogP contribution in [0.2, 0.25) is 0 Å². The van der Waals surface area contributed by atoms with E-state index in [1.54, 1.807) is 17.7 Å². The first-order valence-corrected chi connectivity index (χ1v) is 6.58. The Labute approximate surface area is 104 Å². The molecule has 0 saturated carbocycles. The Hall–Kier alpha value is -1.24. The predicted octanol–water partition coefficient (Wildman–Crippen LogP) is 4.32. The number of hydrogen-bond donors (Lipinski definition) is 1. The Kier molecular flexibility index (Phi) is 3.88. The molecule has 1 aliphatic rings. The van der Waals surface area contributed by atoms with Gasteiger partial charge in [-0.15, -0.1) is 0 Å². The summed E-state index contributed by atoms with van der Waals surface area (Å²) in [6.45, 7) is 4.59. The van der Waals surface area contributed by atoms with Crippen molar-refractivity contribution in [2.75, 3.05) is 0 Å². The van der Waals surface area contributed by atoms with Gasteiger partial charge in [0.1, 0.15) is 5.75 Å². The van der Waals surface area contributed by atoms with Gasteiger partial charge in [-0.25, -0.2) is 0 Å². The number of rotatable bonds is 3. The molecule has 1 aliphatic carbocycles. The van der Waals surface area contributed by atoms with Crippen LogP contribution in [0.15, 0.2) is 35.9 Å². The van der Waals surface area contributed by atoms with Crippen LogP contribution in [0.5, 0.6) is 5.75 Å². The number of hydrogen-bond acceptors (Lipinski definition) is 1. The largest absolute Gasteiger partial charge is 0.508 e. The van der Waals surface area contributed by atoms with Crippen LogP contribution in [0.25, 0.3) is 0 Å². The van der Waals surface area contributed by atoms with Gasteiger partial charge >= 0.3 is 0 Å². The molecule has 1 nitrogen and oxygen atoms in total. The molecular weight excluding hydrogens is 208 g/mol. The molecule has 0 bridgehead atoms. The van der Waals surface area contributed by atoms with E-state index >= 15 is 0 Å². The summed E-state index contributed by atoms with van der Waals surface area (Å²) in [5.41, 5.74) is 2.89. The summed E-state index contributed by atoms with van der Waals surface area (Å²) in [7, 11) is 0. The normalized spacial score (nSPS) is 22.0. The molecule has 1 heteroatoms. The van der Waals surface area contributed by atoms with E-state index in [1.165, 1.54) is 24.8 Å². The Morgan fingerprint density at radius 2 is 2.00 bits per heavy atom. The fourth-order valence-corrected chi connectivity index (χ4v) is 2.67. The molecule has 2 rings (SSSR count). The minimum absolute atomic E-state index is 0.359. The molecule has 2 unspecified atom stereocenters. The molecule has 92 valence electrons. The first kappa shape index (κ1) is 12.2. The van der Waals surface area contributed by atoms with E-state index in [0.717, 1.165) is 18.3 Å². The van der Waals surface area contributed by atoms with Crippen molar-refractivity contribution < 1.29 is 5.11 Å². The van der Waals surface area contributed by atoms with Gasteiger partial charge in [-0.05, 0) is 62.1 Å². The van der Waals surface area contributed by atoms with Crippen LogP contribution >= 0.6 is 0 Å². The number of phenolic OH excluding ortho intramolecular Hbond substituents is 1. The molecule has 0 saturated heterocycles. The van der Waals surface area contributed by atoms with Crippen molar-refractivity contribution in [2.24, 2.45) is 11.8 Å². The molecule has 2 atom stereocenters. The lowest BCUT2D eigenvalue weighted by atomic mass is 9.79. The van der Waals surface area contributed by atoms with Crippen molar-refractivity contribution >= 4 is 0 Å². The average molecular weight is 230 g/mol. The number of phenols is 1. The van der Waals surface area contributed by atoms with E-state index in [0.29, 0.717) is 5.75 Å². The van der Waals surface area contributed by atoms with E-state index in [9.17, 15) is 5.11 Å². The molecule has 0 amide bonds. The summed E-state index contributed by atoms with van der Waals surface area (Å²) < 4.78 is 0. The van der Waals surface area contributed by atoms with Gasteiger partial charge in [0.2, 0.25) is 0 Å². The number of aromatic hydroxyl groups is 1. The van der Waals surface area contributed by atoms with E-state index in [1.807, 2.05) is 12.1 Å². The van der Waals surface area contributed by atoms with Crippen LogP contribution in [-0.4, -0.2) is 5.11 Å². The lowest BCUT2D eigenvalue weighted by Gasteiger charge is -2.26. The molecule has 0 aromatic heterocycles. The first-order valence-electron chi connectivity index (χ1n) is 6.58. The summed E-state index contributed by atoms with van der Waals surface area (Å²) in [6.07, 6.45) is 7.37. The molecule has 1 aromatic carbocycles. The summed E-state index contributed by atoms with van der Waals surface area (Å²) in [4.78, 5) is 0. The van der Waals surface area contributed by atoms with Crippen molar-refractivity contribution in [3.8, 4) is 5.75 Å². The fraction of sp³-hybridized carbons (Fsp3) is 0.500. The van der Waals surface area contributed by atoms with Gasteiger partial charge in [0.25, 0.3) is 0 Å². The SMILES string of the molecule is CC1=CCC(C(C)Cc2ccc(O)cc2)CC1. The van der Waals surface area contributed by atoms with Crippen LogP contribution in [-0.2, 0) is 6.42 Å². The second kappa shape index (κ2) is 5.39. The maximum atomic E-state index is 9.26. The third-order valence-corrected chi connectivity index (χ3v) is 3.98. The van der Waals surface area contributed by atoms with Gasteiger partial charge in [-0.2, -0.15) is 0 Å². The van der Waals surface area contributed by atoms with Gasteiger partial charge < -0.3 is 5.11 Å². The fourth-order valence-electron chi connectivity index (χ4n) is 2.67. The lowest BCUT2D eigenvalue weighted by Crippen LogP contribution is -2.16. The maximum Gasteiger partial charge on any atom is 0.115 e. The third-order valence-electron chi connectivity index (χ3n) is 3.98. The summed E-state index contributed by atoms with van der Waals surface area (Å²) >= 11 is 0. The molecule has 1 N–H and O–H groups in total. The average Bonchev–Trinajstić information content (AvgIpc) is 2.33. The zero-order valence-electron chi connectivity index (χ0n) is 10.8. The van der Waals surface area contributed by atoms with Crippen molar-refractivity contribution in [3.63, 3.8) is 0 Å². The van der Waals surface area contributed by atoms with Crippen molar-refractivity contribution in [2.45, 2.75) is 39.5 Å². The molecule has 0 heterocycles. The third kappa shape index (κ3) is 3.36. The smallest absolute Gasteiger partial charge is 0.115 e. The van der Waals surface area contributed by atoms with Gasteiger partial charge in [0.15, 0.2) is 0 Å². The zero-order valence-corrected chi connectivity index (χ0v) is 10.8. The van der Waals surface area contributed by atoms with Crippen LogP contribution in [0.1, 0.15) is 38.7 Å². The van der Waals surface area contributed by atoms with Crippen LogP contribution in [0, 0.1) is 11.8 Å². The molecule has 0 fully saturated rings. The van der Waals surface area contributed by atoms with Crippen molar-refractivity contribution in [1.29, 1.82) is 0 Å². The summed E-state index contributed by atoms with van der Waals surface area (Å²) in [5.74, 6) is 1.91. The predicted molar refractivity (Wildman–Crippen MR) is 72.1 cm³/mol. The molecule has 0 radical (unpaired) electrons. The standard InChI is InChI=1S/C16H22O/c1-12-3-7-15(8-4-12)13(2)11-14-5-9-16(17)10-6-14/h3,5-6,9-10,13,15,17H,4,7-8,11H2,1-2H3. The highest BCUT2D eigenvalue weighted by Gasteiger charge is 2.19. The zero-order chi connectivity index (χ0) is 12.3. The monoisotopic (exact) mass is 230 g/mol. The highest BCUT2D eigenvalue weighted by molar-refractivity contribution is 5.26. The molecule has 1 aromatic rings. The van der Waals surface area contributed by atoms with E-state index in [4.69, 9.17) is 0 Å². The lowest BCUT2D eigenvalue weighted by molar-refractivity contribution is 0.325. The van der Waals surface area contributed by atoms with Crippen LogP contribution in [0.3, 0.4) is 0 Å². The Balaban J connectivity index is 1.93. The maximum absolute atomic E-state index is 9.26. The van der Waals surface area contributed by atoms with E-state index < -0.39 is 0 Å². The highest BCUT2D eigenvalue weighted by Crippen LogP contribution is 2.31. The quantitative estimate of drug-likeness (QED) is 0.767. The number of allylic oxidation sites excluding steroid dienone is 2. The van der Waals surface area contributed by atoms with E-state index in [2.05, 4.69) is 19.9 Å². The summed E-state index contributed by atoms with van der Waals surface area (Å²) in [6, 6.07) is 7.64. The minimum atomic E-state index is 0.359. The van der Waals surface area contributed by atoms with Crippen LogP contribution < -0.4 is 0 Å². The van der Waals surface area contributed by atoms with E-state index in [-0.39, 0.29) is 0 Å².